The molecule has 1 rings (SSSR count). The fourth-order valence-electron chi connectivity index (χ4n) is 1.92. The van der Waals surface area contributed by atoms with Gasteiger partial charge in [0.2, 0.25) is 0 Å². The molecular weight excluding hydrogens is 304 g/mol. The van der Waals surface area contributed by atoms with Crippen LogP contribution < -0.4 is 0 Å². The normalized spacial score (nSPS) is 11.8. The number of halogens is 1. The Kier molecular flexibility index (Phi) is 9.96. The highest BCUT2D eigenvalue weighted by Crippen LogP contribution is 2.18. The third-order valence-corrected chi connectivity index (χ3v) is 5.96. The maximum atomic E-state index is 6.09. The first-order valence-corrected chi connectivity index (χ1v) is 10.2. The van der Waals surface area contributed by atoms with Gasteiger partial charge < -0.3 is 13.3 Å². The number of alkyl halides is 1. The van der Waals surface area contributed by atoms with E-state index in [4.69, 9.17) is 24.9 Å². The summed E-state index contributed by atoms with van der Waals surface area (Å²) in [5.41, 5.74) is 1.20. The lowest BCUT2D eigenvalue weighted by atomic mass is 10.2. The minimum absolute atomic E-state index is 0.593. The van der Waals surface area contributed by atoms with Gasteiger partial charge in [-0.15, -0.1) is 11.6 Å². The predicted octanol–water partition coefficient (Wildman–Crippen LogP) is 4.21. The van der Waals surface area contributed by atoms with Gasteiger partial charge in [0.15, 0.2) is 0 Å². The zero-order chi connectivity index (χ0) is 15.4. The summed E-state index contributed by atoms with van der Waals surface area (Å²) in [6.45, 7) is 6.13. The second kappa shape index (κ2) is 11.2. The molecule has 0 saturated heterocycles. The molecule has 0 spiro atoms. The van der Waals surface area contributed by atoms with Crippen molar-refractivity contribution in [3.8, 4) is 0 Å². The second-order valence-corrected chi connectivity index (χ2v) is 7.90. The molecule has 120 valence electrons. The Morgan fingerprint density at radius 2 is 1.48 bits per heavy atom. The molecule has 0 aromatic heterocycles. The van der Waals surface area contributed by atoms with Crippen LogP contribution in [0.2, 0.25) is 0 Å². The van der Waals surface area contributed by atoms with Gasteiger partial charge in [-0.3, -0.25) is 0 Å². The maximum absolute atomic E-state index is 6.09. The lowest BCUT2D eigenvalue weighted by Gasteiger charge is -2.29. The van der Waals surface area contributed by atoms with E-state index in [2.05, 4.69) is 26.0 Å². The molecule has 21 heavy (non-hydrogen) atoms. The minimum atomic E-state index is -2.67. The van der Waals surface area contributed by atoms with Gasteiger partial charge in [-0.1, -0.05) is 44.2 Å². The summed E-state index contributed by atoms with van der Waals surface area (Å²) in [6.07, 6.45) is 2.73. The molecule has 0 N–H and O–H groups in total. The van der Waals surface area contributed by atoms with Crippen LogP contribution in [0.15, 0.2) is 30.3 Å². The molecule has 3 nitrogen and oxygen atoms in total. The molecule has 0 fully saturated rings. The van der Waals surface area contributed by atoms with Gasteiger partial charge in [0.05, 0.1) is 0 Å². The Morgan fingerprint density at radius 3 is 2.00 bits per heavy atom. The summed E-state index contributed by atoms with van der Waals surface area (Å²) < 4.78 is 18.3. The highest BCUT2D eigenvalue weighted by atomic mass is 35.5. The van der Waals surface area contributed by atoms with Gasteiger partial charge in [0.1, 0.15) is 0 Å². The lowest BCUT2D eigenvalue weighted by Crippen LogP contribution is -2.49. The van der Waals surface area contributed by atoms with Crippen molar-refractivity contribution in [3.63, 3.8) is 0 Å². The molecule has 1 aromatic carbocycles. The summed E-state index contributed by atoms with van der Waals surface area (Å²) in [7, 11) is -2.67. The Labute approximate surface area is 134 Å². The van der Waals surface area contributed by atoms with E-state index in [9.17, 15) is 0 Å². The molecule has 0 aliphatic rings. The summed E-state index contributed by atoms with van der Waals surface area (Å²) in [6, 6.07) is 11.0. The third-order valence-electron chi connectivity index (χ3n) is 2.92. The van der Waals surface area contributed by atoms with Gasteiger partial charge >= 0.3 is 8.80 Å². The van der Waals surface area contributed by atoms with E-state index in [1.54, 1.807) is 0 Å². The topological polar surface area (TPSA) is 27.7 Å². The van der Waals surface area contributed by atoms with Gasteiger partial charge in [-0.05, 0) is 24.8 Å². The molecule has 1 aromatic rings. The number of benzene rings is 1. The third kappa shape index (κ3) is 7.43. The van der Waals surface area contributed by atoms with Crippen LogP contribution in [0.4, 0.5) is 0 Å². The number of hydrogen-bond donors (Lipinski definition) is 0. The molecule has 0 amide bonds. The Balaban J connectivity index is 2.79. The average molecular weight is 331 g/mol. The Bertz CT molecular complexity index is 354. The molecular formula is C16H27ClO3Si. The van der Waals surface area contributed by atoms with Crippen molar-refractivity contribution in [3.05, 3.63) is 35.9 Å². The Hall–Kier alpha value is -0.393. The molecule has 5 heteroatoms. The molecule has 0 aliphatic heterocycles. The largest absolute Gasteiger partial charge is 0.505 e. The first kappa shape index (κ1) is 18.7. The first-order valence-electron chi connectivity index (χ1n) is 7.78. The Morgan fingerprint density at radius 1 is 0.905 bits per heavy atom. The molecule has 0 unspecified atom stereocenters. The maximum Gasteiger partial charge on any atom is 0.505 e. The first-order chi connectivity index (χ1) is 10.3. The van der Waals surface area contributed by atoms with Crippen molar-refractivity contribution >= 4 is 20.4 Å². The molecule has 0 aliphatic carbocycles. The summed E-state index contributed by atoms with van der Waals surface area (Å²) in [4.78, 5) is 0. The van der Waals surface area contributed by atoms with Crippen molar-refractivity contribution in [2.75, 3.05) is 25.7 Å². The lowest BCUT2D eigenvalue weighted by molar-refractivity contribution is 0.0585. The van der Waals surface area contributed by atoms with E-state index >= 15 is 0 Å². The van der Waals surface area contributed by atoms with Crippen molar-refractivity contribution < 1.29 is 13.3 Å². The van der Waals surface area contributed by atoms with E-state index < -0.39 is 8.80 Å². The highest BCUT2D eigenvalue weighted by molar-refractivity contribution is 6.60. The van der Waals surface area contributed by atoms with Crippen LogP contribution in [0.5, 0.6) is 0 Å². The van der Waals surface area contributed by atoms with Gasteiger partial charge in [-0.2, -0.15) is 0 Å². The predicted molar refractivity (Wildman–Crippen MR) is 89.7 cm³/mol. The molecule has 0 saturated carbocycles. The summed E-state index contributed by atoms with van der Waals surface area (Å²) in [5.74, 6) is 0.595. The minimum Gasteiger partial charge on any atom is -0.373 e. The average Bonchev–Trinajstić information content (AvgIpc) is 2.52. The van der Waals surface area contributed by atoms with E-state index in [-0.39, 0.29) is 0 Å². The van der Waals surface area contributed by atoms with Gasteiger partial charge in [-0.25, -0.2) is 0 Å². The van der Waals surface area contributed by atoms with Crippen LogP contribution in [-0.4, -0.2) is 34.5 Å². The van der Waals surface area contributed by atoms with E-state index in [0.717, 1.165) is 25.3 Å². The fraction of sp³-hybridized carbons (Fsp3) is 0.625. The van der Waals surface area contributed by atoms with Crippen LogP contribution in [0, 0.1) is 0 Å². The highest BCUT2D eigenvalue weighted by Gasteiger charge is 2.41. The van der Waals surface area contributed by atoms with E-state index in [1.165, 1.54) is 5.56 Å². The SMILES string of the molecule is CCCO[Si](Cc1ccccc1)(OCCC)OCCCCl. The van der Waals surface area contributed by atoms with Crippen LogP contribution in [-0.2, 0) is 19.3 Å². The van der Waals surface area contributed by atoms with Crippen molar-refractivity contribution in [1.82, 2.24) is 0 Å². The van der Waals surface area contributed by atoms with E-state index in [1.807, 2.05) is 18.2 Å². The standard InChI is InChI=1S/C16H27ClO3Si/c1-3-12-18-21(19-13-4-2,20-14-8-11-17)15-16-9-6-5-7-10-16/h5-7,9-10H,3-4,8,11-15H2,1-2H3. The molecule has 0 atom stereocenters. The van der Waals surface area contributed by atoms with Crippen LogP contribution in [0.1, 0.15) is 38.7 Å². The number of rotatable bonds is 12. The van der Waals surface area contributed by atoms with Gasteiger partial charge in [0, 0.05) is 31.7 Å². The van der Waals surface area contributed by atoms with Crippen LogP contribution in [0.3, 0.4) is 0 Å². The van der Waals surface area contributed by atoms with Crippen molar-refractivity contribution in [2.45, 2.75) is 39.2 Å². The summed E-state index contributed by atoms with van der Waals surface area (Å²) >= 11 is 5.75. The zero-order valence-electron chi connectivity index (χ0n) is 13.1. The quantitative estimate of drug-likeness (QED) is 0.326. The van der Waals surface area contributed by atoms with Gasteiger partial charge in [0.25, 0.3) is 0 Å². The number of hydrogen-bond acceptors (Lipinski definition) is 3. The van der Waals surface area contributed by atoms with Crippen LogP contribution >= 0.6 is 11.6 Å². The molecule has 0 bridgehead atoms. The van der Waals surface area contributed by atoms with Crippen molar-refractivity contribution in [1.29, 1.82) is 0 Å². The van der Waals surface area contributed by atoms with Crippen molar-refractivity contribution in [2.24, 2.45) is 0 Å². The van der Waals surface area contributed by atoms with Crippen LogP contribution in [0.25, 0.3) is 0 Å². The fourth-order valence-corrected chi connectivity index (χ4v) is 4.81. The molecule has 0 heterocycles. The second-order valence-electron chi connectivity index (χ2n) is 4.93. The monoisotopic (exact) mass is 330 g/mol. The van der Waals surface area contributed by atoms with E-state index in [0.29, 0.717) is 25.7 Å². The summed E-state index contributed by atoms with van der Waals surface area (Å²) in [5, 5.41) is 0. The zero-order valence-corrected chi connectivity index (χ0v) is 14.9. The molecule has 0 radical (unpaired) electrons. The smallest absolute Gasteiger partial charge is 0.373 e.